The summed E-state index contributed by atoms with van der Waals surface area (Å²) in [6.45, 7) is 12.5. The van der Waals surface area contributed by atoms with E-state index >= 15 is 0 Å². The fourth-order valence-corrected chi connectivity index (χ4v) is 4.69. The van der Waals surface area contributed by atoms with Gasteiger partial charge in [0.2, 0.25) is 5.88 Å². The SMILES string of the molecule is CC(C)(C)c1cc(-c2csc(-c3ccc(Oc4ccc(C(F)(F)F)cn4)cc3)n2)cc(C(C)(C)C)c1O. The van der Waals surface area contributed by atoms with Gasteiger partial charge in [0.1, 0.15) is 16.5 Å². The smallest absolute Gasteiger partial charge is 0.417 e. The number of hydrogen-bond donors (Lipinski definition) is 1. The van der Waals surface area contributed by atoms with Gasteiger partial charge in [-0.25, -0.2) is 9.97 Å². The molecule has 4 aromatic rings. The van der Waals surface area contributed by atoms with Gasteiger partial charge in [0.05, 0.1) is 11.3 Å². The topological polar surface area (TPSA) is 55.2 Å². The summed E-state index contributed by atoms with van der Waals surface area (Å²) in [6, 6.07) is 13.3. The van der Waals surface area contributed by atoms with Crippen LogP contribution in [0, 0.1) is 0 Å². The number of rotatable bonds is 4. The molecule has 2 aromatic heterocycles. The van der Waals surface area contributed by atoms with Crippen molar-refractivity contribution in [2.45, 2.75) is 58.5 Å². The van der Waals surface area contributed by atoms with Gasteiger partial charge in [0.15, 0.2) is 0 Å². The van der Waals surface area contributed by atoms with Crippen molar-refractivity contribution in [1.29, 1.82) is 0 Å². The number of benzene rings is 2. The molecule has 0 unspecified atom stereocenters. The first-order chi connectivity index (χ1) is 17.1. The molecule has 2 aromatic carbocycles. The maximum atomic E-state index is 12.7. The Balaban J connectivity index is 1.59. The Bertz CT molecular complexity index is 1360. The van der Waals surface area contributed by atoms with Crippen molar-refractivity contribution >= 4 is 11.3 Å². The van der Waals surface area contributed by atoms with Gasteiger partial charge in [-0.3, -0.25) is 0 Å². The highest BCUT2D eigenvalue weighted by Gasteiger charge is 2.31. The summed E-state index contributed by atoms with van der Waals surface area (Å²) in [4.78, 5) is 8.59. The Morgan fingerprint density at radius 1 is 0.811 bits per heavy atom. The molecule has 4 rings (SSSR count). The van der Waals surface area contributed by atoms with E-state index in [0.29, 0.717) is 11.5 Å². The highest BCUT2D eigenvalue weighted by molar-refractivity contribution is 7.13. The minimum absolute atomic E-state index is 0.0777. The van der Waals surface area contributed by atoms with Crippen molar-refractivity contribution < 1.29 is 23.0 Å². The normalized spacial score (nSPS) is 12.6. The summed E-state index contributed by atoms with van der Waals surface area (Å²) in [5.41, 5.74) is 3.11. The molecule has 0 aliphatic rings. The number of phenols is 1. The molecule has 0 atom stereocenters. The second-order valence-corrected chi connectivity index (χ2v) is 11.8. The molecule has 37 heavy (non-hydrogen) atoms. The predicted octanol–water partition coefficient (Wildman–Crippen LogP) is 8.98. The van der Waals surface area contributed by atoms with Crippen LogP contribution in [0.15, 0.2) is 60.1 Å². The van der Waals surface area contributed by atoms with Crippen LogP contribution in [0.25, 0.3) is 21.8 Å². The van der Waals surface area contributed by atoms with Crippen LogP contribution >= 0.6 is 11.3 Å². The number of aromatic hydroxyl groups is 1. The number of phenolic OH excluding ortho intramolecular Hbond substituents is 1. The fraction of sp³-hybridized carbons (Fsp3) is 0.310. The molecule has 0 amide bonds. The summed E-state index contributed by atoms with van der Waals surface area (Å²) >= 11 is 1.51. The third-order valence-corrected chi connectivity index (χ3v) is 6.80. The van der Waals surface area contributed by atoms with E-state index in [1.807, 2.05) is 29.6 Å². The van der Waals surface area contributed by atoms with Crippen molar-refractivity contribution in [2.75, 3.05) is 0 Å². The van der Waals surface area contributed by atoms with E-state index in [-0.39, 0.29) is 16.7 Å². The Kier molecular flexibility index (Phi) is 6.84. The highest BCUT2D eigenvalue weighted by Crippen LogP contribution is 2.42. The van der Waals surface area contributed by atoms with Crippen molar-refractivity contribution in [3.8, 4) is 39.2 Å². The molecule has 0 aliphatic heterocycles. The lowest BCUT2D eigenvalue weighted by Crippen LogP contribution is -2.17. The Hall–Kier alpha value is -3.39. The number of hydrogen-bond acceptors (Lipinski definition) is 5. The molecule has 2 heterocycles. The lowest BCUT2D eigenvalue weighted by atomic mass is 9.78. The lowest BCUT2D eigenvalue weighted by molar-refractivity contribution is -0.137. The molecule has 0 radical (unpaired) electrons. The van der Waals surface area contributed by atoms with Gasteiger partial charge in [-0.15, -0.1) is 11.3 Å². The maximum Gasteiger partial charge on any atom is 0.417 e. The van der Waals surface area contributed by atoms with Gasteiger partial charge in [0.25, 0.3) is 0 Å². The van der Waals surface area contributed by atoms with Crippen molar-refractivity contribution in [3.05, 3.63) is 76.8 Å². The monoisotopic (exact) mass is 526 g/mol. The van der Waals surface area contributed by atoms with Gasteiger partial charge in [-0.1, -0.05) is 41.5 Å². The molecular formula is C29H29F3N2O2S. The standard InChI is InChI=1S/C29H29F3N2O2S/c1-27(2,3)21-13-18(14-22(25(21)35)28(4,5)6)23-16-37-26(34-23)17-7-10-20(11-8-17)36-24-12-9-19(15-33-24)29(30,31)32/h7-16,35H,1-6H3. The summed E-state index contributed by atoms with van der Waals surface area (Å²) < 4.78 is 43.8. The number of pyridine rings is 1. The van der Waals surface area contributed by atoms with Crippen LogP contribution in [-0.4, -0.2) is 15.1 Å². The van der Waals surface area contributed by atoms with Gasteiger partial charge in [0, 0.05) is 39.9 Å². The maximum absolute atomic E-state index is 12.7. The lowest BCUT2D eigenvalue weighted by Gasteiger charge is -2.28. The minimum Gasteiger partial charge on any atom is -0.507 e. The molecule has 0 aliphatic carbocycles. The quantitative estimate of drug-likeness (QED) is 0.288. The van der Waals surface area contributed by atoms with E-state index in [0.717, 1.165) is 45.2 Å². The fourth-order valence-electron chi connectivity index (χ4n) is 3.86. The zero-order chi connectivity index (χ0) is 27.2. The van der Waals surface area contributed by atoms with Crippen LogP contribution in [-0.2, 0) is 17.0 Å². The molecule has 4 nitrogen and oxygen atoms in total. The zero-order valence-corrected chi connectivity index (χ0v) is 22.4. The predicted molar refractivity (Wildman–Crippen MR) is 141 cm³/mol. The van der Waals surface area contributed by atoms with E-state index in [4.69, 9.17) is 9.72 Å². The van der Waals surface area contributed by atoms with Crippen LogP contribution in [0.3, 0.4) is 0 Å². The summed E-state index contributed by atoms with van der Waals surface area (Å²) in [5, 5.41) is 13.8. The van der Waals surface area contributed by atoms with Crippen LogP contribution in [0.5, 0.6) is 17.4 Å². The summed E-state index contributed by atoms with van der Waals surface area (Å²) in [5.74, 6) is 0.863. The Morgan fingerprint density at radius 2 is 1.41 bits per heavy atom. The van der Waals surface area contributed by atoms with Gasteiger partial charge in [-0.05, 0) is 53.3 Å². The van der Waals surface area contributed by atoms with Gasteiger partial charge < -0.3 is 9.84 Å². The molecule has 0 fully saturated rings. The molecule has 194 valence electrons. The van der Waals surface area contributed by atoms with E-state index in [9.17, 15) is 18.3 Å². The van der Waals surface area contributed by atoms with Gasteiger partial charge >= 0.3 is 6.18 Å². The average Bonchev–Trinajstić information content (AvgIpc) is 3.28. The van der Waals surface area contributed by atoms with Crippen molar-refractivity contribution in [3.63, 3.8) is 0 Å². The Morgan fingerprint density at radius 3 is 1.89 bits per heavy atom. The second kappa shape index (κ2) is 9.49. The molecule has 1 N–H and O–H groups in total. The van der Waals surface area contributed by atoms with Crippen molar-refractivity contribution in [2.24, 2.45) is 0 Å². The largest absolute Gasteiger partial charge is 0.507 e. The molecule has 0 saturated carbocycles. The van der Waals surface area contributed by atoms with E-state index in [1.54, 1.807) is 12.1 Å². The van der Waals surface area contributed by atoms with Crippen LogP contribution in [0.4, 0.5) is 13.2 Å². The number of halogens is 3. The van der Waals surface area contributed by atoms with Crippen molar-refractivity contribution in [1.82, 2.24) is 9.97 Å². The highest BCUT2D eigenvalue weighted by atomic mass is 32.1. The van der Waals surface area contributed by atoms with E-state index < -0.39 is 11.7 Å². The number of thiazole rings is 1. The van der Waals surface area contributed by atoms with Crippen LogP contribution in [0.1, 0.15) is 58.2 Å². The summed E-state index contributed by atoms with van der Waals surface area (Å²) in [6.07, 6.45) is -3.69. The Labute approximate surface area is 218 Å². The molecular weight excluding hydrogens is 497 g/mol. The van der Waals surface area contributed by atoms with Crippen LogP contribution in [0.2, 0.25) is 0 Å². The number of ether oxygens (including phenoxy) is 1. The van der Waals surface area contributed by atoms with E-state index in [2.05, 4.69) is 46.5 Å². The number of nitrogens with zero attached hydrogens (tertiary/aromatic N) is 2. The number of aromatic nitrogens is 2. The molecule has 0 spiro atoms. The molecule has 8 heteroatoms. The van der Waals surface area contributed by atoms with Crippen LogP contribution < -0.4 is 4.74 Å². The zero-order valence-electron chi connectivity index (χ0n) is 21.6. The third kappa shape index (κ3) is 5.96. The first kappa shape index (κ1) is 26.7. The summed E-state index contributed by atoms with van der Waals surface area (Å²) in [7, 11) is 0. The molecule has 0 bridgehead atoms. The van der Waals surface area contributed by atoms with Gasteiger partial charge in [-0.2, -0.15) is 13.2 Å². The average molecular weight is 527 g/mol. The third-order valence-electron chi connectivity index (χ3n) is 5.91. The number of alkyl halides is 3. The minimum atomic E-state index is -4.44. The first-order valence-electron chi connectivity index (χ1n) is 11.8. The second-order valence-electron chi connectivity index (χ2n) is 11.0. The van der Waals surface area contributed by atoms with E-state index in [1.165, 1.54) is 17.4 Å². The first-order valence-corrected chi connectivity index (χ1v) is 12.7. The molecule has 0 saturated heterocycles.